The number of para-hydroxylation sites is 1. The van der Waals surface area contributed by atoms with Crippen LogP contribution in [0.5, 0.6) is 0 Å². The molecule has 1 N–H and O–H groups in total. The lowest BCUT2D eigenvalue weighted by Crippen LogP contribution is -2.24. The molecule has 1 aromatic carbocycles. The molecule has 2 rings (SSSR count). The lowest BCUT2D eigenvalue weighted by Gasteiger charge is -2.07. The molecule has 0 radical (unpaired) electrons. The summed E-state index contributed by atoms with van der Waals surface area (Å²) >= 11 is 0. The summed E-state index contributed by atoms with van der Waals surface area (Å²) < 4.78 is 0. The number of aromatic nitrogens is 3. The van der Waals surface area contributed by atoms with Gasteiger partial charge >= 0.3 is 0 Å². The molecule has 16 heavy (non-hydrogen) atoms. The second-order valence-electron chi connectivity index (χ2n) is 3.20. The number of benzene rings is 1. The first-order chi connectivity index (χ1) is 7.83. The molecule has 1 amide bonds. The molecule has 0 saturated heterocycles. The summed E-state index contributed by atoms with van der Waals surface area (Å²) in [4.78, 5) is 13.2. The van der Waals surface area contributed by atoms with Crippen molar-refractivity contribution in [1.82, 2.24) is 20.3 Å². The highest BCUT2D eigenvalue weighted by atomic mass is 16.1. The molecule has 1 heterocycles. The monoisotopic (exact) mass is 216 g/mol. The van der Waals surface area contributed by atoms with E-state index in [0.717, 1.165) is 0 Å². The van der Waals surface area contributed by atoms with Gasteiger partial charge in [0.2, 0.25) is 0 Å². The van der Waals surface area contributed by atoms with Crippen molar-refractivity contribution in [2.45, 2.75) is 6.92 Å². The standard InChI is InChI=1S/C11H12N4O/c1-2-12-11(16)9-5-3-4-6-10(9)15-13-7-8-14-15/h3-8H,2H2,1H3,(H,12,16). The lowest BCUT2D eigenvalue weighted by atomic mass is 10.1. The molecule has 0 spiro atoms. The number of hydrogen-bond acceptors (Lipinski definition) is 3. The van der Waals surface area contributed by atoms with Gasteiger partial charge in [0.1, 0.15) is 0 Å². The third-order valence-electron chi connectivity index (χ3n) is 2.12. The molecule has 0 saturated carbocycles. The van der Waals surface area contributed by atoms with Crippen molar-refractivity contribution in [3.63, 3.8) is 0 Å². The van der Waals surface area contributed by atoms with Crippen LogP contribution in [0.25, 0.3) is 5.69 Å². The maximum atomic E-state index is 11.8. The van der Waals surface area contributed by atoms with Gasteiger partial charge in [-0.25, -0.2) is 0 Å². The molecule has 0 bridgehead atoms. The molecule has 5 heteroatoms. The highest BCUT2D eigenvalue weighted by Crippen LogP contribution is 2.11. The molecule has 1 aromatic heterocycles. The number of nitrogens with one attached hydrogen (secondary N) is 1. The van der Waals surface area contributed by atoms with Crippen LogP contribution in [0.3, 0.4) is 0 Å². The van der Waals surface area contributed by atoms with E-state index in [0.29, 0.717) is 17.8 Å². The van der Waals surface area contributed by atoms with Crippen LogP contribution in [-0.4, -0.2) is 27.4 Å². The molecule has 0 unspecified atom stereocenters. The minimum Gasteiger partial charge on any atom is -0.352 e. The Hall–Kier alpha value is -2.17. The van der Waals surface area contributed by atoms with Crippen molar-refractivity contribution in [2.24, 2.45) is 0 Å². The number of nitrogens with zero attached hydrogens (tertiary/aromatic N) is 3. The van der Waals surface area contributed by atoms with E-state index in [1.54, 1.807) is 18.5 Å². The zero-order valence-electron chi connectivity index (χ0n) is 8.92. The quantitative estimate of drug-likeness (QED) is 0.833. The van der Waals surface area contributed by atoms with Crippen molar-refractivity contribution in [3.05, 3.63) is 42.2 Å². The van der Waals surface area contributed by atoms with Gasteiger partial charge in [0.05, 0.1) is 23.6 Å². The molecular formula is C11H12N4O. The first-order valence-electron chi connectivity index (χ1n) is 5.07. The topological polar surface area (TPSA) is 59.8 Å². The van der Waals surface area contributed by atoms with Crippen molar-refractivity contribution < 1.29 is 4.79 Å². The average Bonchev–Trinajstić information content (AvgIpc) is 2.83. The number of carbonyl (C=O) groups excluding carboxylic acids is 1. The van der Waals surface area contributed by atoms with Crippen LogP contribution in [0.2, 0.25) is 0 Å². The summed E-state index contributed by atoms with van der Waals surface area (Å²) in [6.45, 7) is 2.48. The number of rotatable bonds is 3. The molecule has 0 aliphatic rings. The van der Waals surface area contributed by atoms with Crippen molar-refractivity contribution in [1.29, 1.82) is 0 Å². The minimum absolute atomic E-state index is 0.115. The smallest absolute Gasteiger partial charge is 0.253 e. The lowest BCUT2D eigenvalue weighted by molar-refractivity contribution is 0.0955. The summed E-state index contributed by atoms with van der Waals surface area (Å²) in [5.74, 6) is -0.115. The number of carbonyl (C=O) groups is 1. The van der Waals surface area contributed by atoms with E-state index < -0.39 is 0 Å². The van der Waals surface area contributed by atoms with Gasteiger partial charge in [-0.1, -0.05) is 12.1 Å². The van der Waals surface area contributed by atoms with Gasteiger partial charge in [0.25, 0.3) is 5.91 Å². The fourth-order valence-electron chi connectivity index (χ4n) is 1.44. The molecule has 82 valence electrons. The summed E-state index contributed by atoms with van der Waals surface area (Å²) in [6, 6.07) is 7.23. The summed E-state index contributed by atoms with van der Waals surface area (Å²) in [7, 11) is 0. The Kier molecular flexibility index (Phi) is 2.95. The van der Waals surface area contributed by atoms with E-state index in [4.69, 9.17) is 0 Å². The van der Waals surface area contributed by atoms with Crippen molar-refractivity contribution in [3.8, 4) is 5.69 Å². The molecule has 5 nitrogen and oxygen atoms in total. The van der Waals surface area contributed by atoms with E-state index in [2.05, 4.69) is 15.5 Å². The largest absolute Gasteiger partial charge is 0.352 e. The van der Waals surface area contributed by atoms with Gasteiger partial charge < -0.3 is 5.32 Å². The highest BCUT2D eigenvalue weighted by molar-refractivity contribution is 5.97. The van der Waals surface area contributed by atoms with Gasteiger partial charge in [0.15, 0.2) is 0 Å². The molecule has 0 fully saturated rings. The molecule has 0 atom stereocenters. The van der Waals surface area contributed by atoms with Crippen LogP contribution in [0.15, 0.2) is 36.7 Å². The van der Waals surface area contributed by atoms with Crippen LogP contribution in [0.1, 0.15) is 17.3 Å². The van der Waals surface area contributed by atoms with E-state index in [1.165, 1.54) is 4.80 Å². The fourth-order valence-corrected chi connectivity index (χ4v) is 1.44. The van der Waals surface area contributed by atoms with Crippen LogP contribution in [0, 0.1) is 0 Å². The SMILES string of the molecule is CCNC(=O)c1ccccc1-n1nccn1. The van der Waals surface area contributed by atoms with E-state index in [1.807, 2.05) is 25.1 Å². The zero-order chi connectivity index (χ0) is 11.4. The first kappa shape index (κ1) is 10.4. The van der Waals surface area contributed by atoms with Gasteiger partial charge in [-0.05, 0) is 19.1 Å². The summed E-state index contributed by atoms with van der Waals surface area (Å²) in [5.41, 5.74) is 1.25. The van der Waals surface area contributed by atoms with Gasteiger partial charge in [-0.15, -0.1) is 0 Å². The number of amides is 1. The van der Waals surface area contributed by atoms with E-state index in [-0.39, 0.29) is 5.91 Å². The second-order valence-corrected chi connectivity index (χ2v) is 3.20. The number of hydrogen-bond donors (Lipinski definition) is 1. The second kappa shape index (κ2) is 4.57. The molecule has 0 aliphatic heterocycles. The molecular weight excluding hydrogens is 204 g/mol. The Morgan fingerprint density at radius 1 is 1.31 bits per heavy atom. The van der Waals surface area contributed by atoms with Crippen LogP contribution < -0.4 is 5.32 Å². The zero-order valence-corrected chi connectivity index (χ0v) is 8.92. The fraction of sp³-hybridized carbons (Fsp3) is 0.182. The molecule has 2 aromatic rings. The minimum atomic E-state index is -0.115. The predicted octanol–water partition coefficient (Wildman–Crippen LogP) is 1.02. The summed E-state index contributed by atoms with van der Waals surface area (Å²) in [5, 5.41) is 10.8. The van der Waals surface area contributed by atoms with Crippen LogP contribution in [-0.2, 0) is 0 Å². The third kappa shape index (κ3) is 1.93. The predicted molar refractivity (Wildman–Crippen MR) is 59.4 cm³/mol. The normalized spacial score (nSPS) is 10.1. The van der Waals surface area contributed by atoms with Crippen molar-refractivity contribution in [2.75, 3.05) is 6.54 Å². The highest BCUT2D eigenvalue weighted by Gasteiger charge is 2.11. The maximum absolute atomic E-state index is 11.8. The Labute approximate surface area is 93.1 Å². The Balaban J connectivity index is 2.42. The third-order valence-corrected chi connectivity index (χ3v) is 2.12. The van der Waals surface area contributed by atoms with Gasteiger partial charge in [-0.3, -0.25) is 4.79 Å². The summed E-state index contributed by atoms with van der Waals surface area (Å²) in [6.07, 6.45) is 3.16. The van der Waals surface area contributed by atoms with Crippen LogP contribution >= 0.6 is 0 Å². The maximum Gasteiger partial charge on any atom is 0.253 e. The van der Waals surface area contributed by atoms with Crippen LogP contribution in [0.4, 0.5) is 0 Å². The average molecular weight is 216 g/mol. The van der Waals surface area contributed by atoms with Crippen molar-refractivity contribution >= 4 is 5.91 Å². The first-order valence-corrected chi connectivity index (χ1v) is 5.07. The molecule has 0 aliphatic carbocycles. The Morgan fingerprint density at radius 2 is 2.00 bits per heavy atom. The Bertz CT molecular complexity index is 478. The van der Waals surface area contributed by atoms with Gasteiger partial charge in [0, 0.05) is 6.54 Å². The Morgan fingerprint density at radius 3 is 2.69 bits per heavy atom. The van der Waals surface area contributed by atoms with Gasteiger partial charge in [-0.2, -0.15) is 15.0 Å². The van der Waals surface area contributed by atoms with E-state index >= 15 is 0 Å². The van der Waals surface area contributed by atoms with E-state index in [9.17, 15) is 4.79 Å².